The molecule has 20 heavy (non-hydrogen) atoms. The van der Waals surface area contributed by atoms with Gasteiger partial charge in [-0.3, -0.25) is 4.79 Å². The van der Waals surface area contributed by atoms with E-state index < -0.39 is 23.3 Å². The van der Waals surface area contributed by atoms with Crippen LogP contribution in [0.2, 0.25) is 0 Å². The van der Waals surface area contributed by atoms with E-state index in [2.05, 4.69) is 5.32 Å². The minimum Gasteiger partial charge on any atom is -0.398 e. The lowest BCUT2D eigenvalue weighted by Crippen LogP contribution is -2.40. The lowest BCUT2D eigenvalue weighted by Gasteiger charge is -2.23. The van der Waals surface area contributed by atoms with E-state index >= 15 is 0 Å². The number of nitrogens with one attached hydrogen (secondary N) is 1. The van der Waals surface area contributed by atoms with Crippen LogP contribution in [0.25, 0.3) is 0 Å². The summed E-state index contributed by atoms with van der Waals surface area (Å²) in [6.07, 6.45) is -3.00. The molecule has 1 fully saturated rings. The molecule has 0 aliphatic carbocycles. The Morgan fingerprint density at radius 1 is 1.40 bits per heavy atom. The molecule has 2 rings (SSSR count). The maximum atomic E-state index is 12.7. The fourth-order valence-electron chi connectivity index (χ4n) is 2.07. The summed E-state index contributed by atoms with van der Waals surface area (Å²) in [5.41, 5.74) is 3.84. The minimum absolute atomic E-state index is 0.0582. The number of anilines is 1. The van der Waals surface area contributed by atoms with Crippen LogP contribution in [0.3, 0.4) is 0 Å². The van der Waals surface area contributed by atoms with E-state index in [1.165, 1.54) is 6.07 Å². The molecule has 0 aromatic heterocycles. The number of carbonyl (C=O) groups excluding carboxylic acids is 1. The summed E-state index contributed by atoms with van der Waals surface area (Å²) in [5, 5.41) is 2.66. The Morgan fingerprint density at radius 3 is 2.75 bits per heavy atom. The number of carbonyl (C=O) groups is 1. The third-order valence-electron chi connectivity index (χ3n) is 3.12. The number of amides is 1. The molecule has 1 aliphatic rings. The van der Waals surface area contributed by atoms with Crippen molar-refractivity contribution in [2.24, 2.45) is 0 Å². The van der Waals surface area contributed by atoms with Crippen molar-refractivity contribution in [3.05, 3.63) is 29.3 Å². The number of ether oxygens (including phenoxy) is 1. The zero-order valence-corrected chi connectivity index (χ0v) is 10.7. The molecule has 3 N–H and O–H groups in total. The Bertz CT molecular complexity index is 497. The van der Waals surface area contributed by atoms with Gasteiger partial charge in [0, 0.05) is 17.9 Å². The molecule has 1 saturated heterocycles. The van der Waals surface area contributed by atoms with Crippen LogP contribution in [0.4, 0.5) is 18.9 Å². The molecule has 1 amide bonds. The average molecular weight is 288 g/mol. The summed E-state index contributed by atoms with van der Waals surface area (Å²) in [6, 6.07) is 2.98. The molecule has 1 aromatic carbocycles. The Morgan fingerprint density at radius 2 is 2.15 bits per heavy atom. The van der Waals surface area contributed by atoms with Gasteiger partial charge in [0.25, 0.3) is 5.91 Å². The van der Waals surface area contributed by atoms with Gasteiger partial charge in [0.2, 0.25) is 0 Å². The Labute approximate surface area is 114 Å². The highest BCUT2D eigenvalue weighted by molar-refractivity contribution is 5.95. The van der Waals surface area contributed by atoms with Crippen LogP contribution in [-0.2, 0) is 10.9 Å². The monoisotopic (exact) mass is 288 g/mol. The largest absolute Gasteiger partial charge is 0.418 e. The lowest BCUT2D eigenvalue weighted by atomic mass is 10.1. The fraction of sp³-hybridized carbons (Fsp3) is 0.462. The van der Waals surface area contributed by atoms with Gasteiger partial charge in [-0.05, 0) is 31.0 Å². The van der Waals surface area contributed by atoms with E-state index in [0.717, 1.165) is 25.0 Å². The molecule has 0 saturated carbocycles. The molecular weight excluding hydrogens is 273 g/mol. The maximum Gasteiger partial charge on any atom is 0.418 e. The summed E-state index contributed by atoms with van der Waals surface area (Å²) in [7, 11) is 0. The minimum atomic E-state index is -4.58. The first-order chi connectivity index (χ1) is 9.38. The summed E-state index contributed by atoms with van der Waals surface area (Å²) >= 11 is 0. The van der Waals surface area contributed by atoms with Crippen LogP contribution >= 0.6 is 0 Å². The van der Waals surface area contributed by atoms with Crippen molar-refractivity contribution in [1.82, 2.24) is 5.32 Å². The average Bonchev–Trinajstić information content (AvgIpc) is 2.39. The number of hydrogen-bond donors (Lipinski definition) is 2. The van der Waals surface area contributed by atoms with Crippen molar-refractivity contribution >= 4 is 11.6 Å². The van der Waals surface area contributed by atoms with Crippen LogP contribution in [0, 0.1) is 0 Å². The van der Waals surface area contributed by atoms with Gasteiger partial charge in [-0.2, -0.15) is 13.2 Å². The molecule has 0 spiro atoms. The zero-order valence-electron chi connectivity index (χ0n) is 10.7. The summed E-state index contributed by atoms with van der Waals surface area (Å²) in [5.74, 6) is -0.550. The van der Waals surface area contributed by atoms with Crippen LogP contribution in [0.15, 0.2) is 18.2 Å². The highest BCUT2D eigenvalue weighted by Gasteiger charge is 2.33. The van der Waals surface area contributed by atoms with Crippen LogP contribution in [0.5, 0.6) is 0 Å². The SMILES string of the molecule is Nc1ccc(C(=O)NC2CCCOC2)cc1C(F)(F)F. The number of rotatable bonds is 2. The number of nitrogen functional groups attached to an aromatic ring is 1. The first-order valence-electron chi connectivity index (χ1n) is 6.23. The number of benzene rings is 1. The van der Waals surface area contributed by atoms with Gasteiger partial charge >= 0.3 is 6.18 Å². The highest BCUT2D eigenvalue weighted by Crippen LogP contribution is 2.34. The van der Waals surface area contributed by atoms with Gasteiger partial charge in [-0.15, -0.1) is 0 Å². The van der Waals surface area contributed by atoms with Crippen LogP contribution in [-0.4, -0.2) is 25.2 Å². The molecule has 7 heteroatoms. The normalized spacial score (nSPS) is 19.6. The van der Waals surface area contributed by atoms with Crippen molar-refractivity contribution < 1.29 is 22.7 Å². The number of halogens is 3. The molecule has 1 atom stereocenters. The van der Waals surface area contributed by atoms with Gasteiger partial charge in [0.05, 0.1) is 18.2 Å². The summed E-state index contributed by atoms with van der Waals surface area (Å²) in [4.78, 5) is 11.9. The molecule has 1 aliphatic heterocycles. The molecule has 0 bridgehead atoms. The van der Waals surface area contributed by atoms with Crippen LogP contribution < -0.4 is 11.1 Å². The molecular formula is C13H15F3N2O2. The molecule has 1 unspecified atom stereocenters. The molecule has 4 nitrogen and oxygen atoms in total. The smallest absolute Gasteiger partial charge is 0.398 e. The first-order valence-corrected chi connectivity index (χ1v) is 6.23. The Hall–Kier alpha value is -1.76. The third kappa shape index (κ3) is 3.41. The van der Waals surface area contributed by atoms with Gasteiger partial charge in [0.1, 0.15) is 0 Å². The van der Waals surface area contributed by atoms with E-state index in [1.54, 1.807) is 0 Å². The van der Waals surface area contributed by atoms with Gasteiger partial charge in [0.15, 0.2) is 0 Å². The molecule has 0 radical (unpaired) electrons. The van der Waals surface area contributed by atoms with Gasteiger partial charge in [-0.25, -0.2) is 0 Å². The molecule has 1 heterocycles. The number of hydrogen-bond acceptors (Lipinski definition) is 3. The number of alkyl halides is 3. The third-order valence-corrected chi connectivity index (χ3v) is 3.12. The van der Waals surface area contributed by atoms with Crippen molar-refractivity contribution in [1.29, 1.82) is 0 Å². The molecule has 110 valence electrons. The van der Waals surface area contributed by atoms with Crippen LogP contribution in [0.1, 0.15) is 28.8 Å². The Balaban J connectivity index is 2.13. The van der Waals surface area contributed by atoms with Crippen molar-refractivity contribution in [2.75, 3.05) is 18.9 Å². The quantitative estimate of drug-likeness (QED) is 0.820. The lowest BCUT2D eigenvalue weighted by molar-refractivity contribution is -0.136. The highest BCUT2D eigenvalue weighted by atomic mass is 19.4. The van der Waals surface area contributed by atoms with E-state index in [0.29, 0.717) is 13.2 Å². The second-order valence-electron chi connectivity index (χ2n) is 4.69. The first kappa shape index (κ1) is 14.6. The number of nitrogens with two attached hydrogens (primary N) is 1. The second-order valence-corrected chi connectivity index (χ2v) is 4.69. The van der Waals surface area contributed by atoms with E-state index in [1.807, 2.05) is 0 Å². The van der Waals surface area contributed by atoms with E-state index in [9.17, 15) is 18.0 Å². The van der Waals surface area contributed by atoms with E-state index in [4.69, 9.17) is 10.5 Å². The van der Waals surface area contributed by atoms with Crippen molar-refractivity contribution in [3.8, 4) is 0 Å². The van der Waals surface area contributed by atoms with Gasteiger partial charge in [-0.1, -0.05) is 0 Å². The standard InChI is InChI=1S/C13H15F3N2O2/c14-13(15,16)10-6-8(3-4-11(10)17)12(19)18-9-2-1-5-20-7-9/h3-4,6,9H,1-2,5,7,17H2,(H,18,19). The predicted molar refractivity (Wildman–Crippen MR) is 67.2 cm³/mol. The topological polar surface area (TPSA) is 64.4 Å². The van der Waals surface area contributed by atoms with Crippen molar-refractivity contribution in [2.45, 2.75) is 25.1 Å². The predicted octanol–water partition coefficient (Wildman–Crippen LogP) is 2.20. The second kappa shape index (κ2) is 5.70. The van der Waals surface area contributed by atoms with Gasteiger partial charge < -0.3 is 15.8 Å². The van der Waals surface area contributed by atoms with E-state index in [-0.39, 0.29) is 11.6 Å². The summed E-state index contributed by atoms with van der Waals surface area (Å²) < 4.78 is 43.4. The maximum absolute atomic E-state index is 12.7. The molecule has 1 aromatic rings. The fourth-order valence-corrected chi connectivity index (χ4v) is 2.07. The summed E-state index contributed by atoms with van der Waals surface area (Å²) in [6.45, 7) is 1.03. The Kier molecular flexibility index (Phi) is 4.17. The zero-order chi connectivity index (χ0) is 14.8. The van der Waals surface area contributed by atoms with Crippen molar-refractivity contribution in [3.63, 3.8) is 0 Å².